The second kappa shape index (κ2) is 7.55. The van der Waals surface area contributed by atoms with Gasteiger partial charge in [-0.15, -0.1) is 11.3 Å². The summed E-state index contributed by atoms with van der Waals surface area (Å²) in [5, 5.41) is 10.7. The molecule has 0 amide bonds. The number of aliphatic hydroxyl groups is 1. The Morgan fingerprint density at radius 2 is 2.28 bits per heavy atom. The van der Waals surface area contributed by atoms with E-state index in [1.807, 2.05) is 5.38 Å². The molecule has 2 rings (SSSR count). The van der Waals surface area contributed by atoms with Crippen LogP contribution in [0.3, 0.4) is 0 Å². The molecule has 1 aliphatic heterocycles. The standard InChI is InChI=1S/C14H18O3S/c15-6-2-1-3-12-9-14(18-11-12)10-17-13-4-7-16-8-5-13/h9,11,13,15H,2,4-8,10H2. The van der Waals surface area contributed by atoms with Crippen LogP contribution in [0.4, 0.5) is 0 Å². The SMILES string of the molecule is OCCC#Cc1csc(COC2CCOCC2)c1. The average Bonchev–Trinajstić information content (AvgIpc) is 2.86. The van der Waals surface area contributed by atoms with Crippen LogP contribution in [0.2, 0.25) is 0 Å². The van der Waals surface area contributed by atoms with Gasteiger partial charge in [-0.2, -0.15) is 0 Å². The molecule has 1 aromatic heterocycles. The summed E-state index contributed by atoms with van der Waals surface area (Å²) in [4.78, 5) is 1.20. The van der Waals surface area contributed by atoms with Crippen LogP contribution in [0.1, 0.15) is 29.7 Å². The molecule has 0 bridgehead atoms. The van der Waals surface area contributed by atoms with Crippen molar-refractivity contribution >= 4 is 11.3 Å². The van der Waals surface area contributed by atoms with Crippen LogP contribution >= 0.6 is 11.3 Å². The van der Waals surface area contributed by atoms with Gasteiger partial charge in [-0.1, -0.05) is 11.8 Å². The lowest BCUT2D eigenvalue weighted by Gasteiger charge is -2.21. The van der Waals surface area contributed by atoms with Crippen molar-refractivity contribution in [2.45, 2.75) is 32.0 Å². The molecule has 18 heavy (non-hydrogen) atoms. The van der Waals surface area contributed by atoms with Gasteiger partial charge in [-0.05, 0) is 18.9 Å². The highest BCUT2D eigenvalue weighted by atomic mass is 32.1. The van der Waals surface area contributed by atoms with Gasteiger partial charge in [0.05, 0.1) is 19.3 Å². The molecule has 0 aromatic carbocycles. The van der Waals surface area contributed by atoms with Gasteiger partial charge in [-0.3, -0.25) is 0 Å². The highest BCUT2D eigenvalue weighted by Gasteiger charge is 2.14. The molecule has 0 atom stereocenters. The highest BCUT2D eigenvalue weighted by molar-refractivity contribution is 7.10. The number of thiophene rings is 1. The van der Waals surface area contributed by atoms with Crippen LogP contribution in [0.15, 0.2) is 11.4 Å². The third-order valence-corrected chi connectivity index (χ3v) is 3.66. The van der Waals surface area contributed by atoms with E-state index in [-0.39, 0.29) is 6.61 Å². The van der Waals surface area contributed by atoms with Crippen molar-refractivity contribution in [1.29, 1.82) is 0 Å². The first-order valence-electron chi connectivity index (χ1n) is 6.25. The monoisotopic (exact) mass is 266 g/mol. The van der Waals surface area contributed by atoms with Crippen molar-refractivity contribution in [3.63, 3.8) is 0 Å². The van der Waals surface area contributed by atoms with Crippen LogP contribution in [-0.4, -0.2) is 31.0 Å². The Balaban J connectivity index is 1.77. The van der Waals surface area contributed by atoms with E-state index in [4.69, 9.17) is 14.6 Å². The molecule has 1 N–H and O–H groups in total. The molecule has 4 heteroatoms. The molecule has 0 unspecified atom stereocenters. The summed E-state index contributed by atoms with van der Waals surface area (Å²) in [6.45, 7) is 2.41. The molecule has 0 aliphatic carbocycles. The van der Waals surface area contributed by atoms with Gasteiger partial charge in [-0.25, -0.2) is 0 Å². The first-order valence-corrected chi connectivity index (χ1v) is 7.13. The highest BCUT2D eigenvalue weighted by Crippen LogP contribution is 2.18. The van der Waals surface area contributed by atoms with Crippen molar-refractivity contribution in [3.05, 3.63) is 21.9 Å². The molecule has 0 radical (unpaired) electrons. The summed E-state index contributed by atoms with van der Waals surface area (Å²) < 4.78 is 11.1. The Labute approximate surface area is 112 Å². The Kier molecular flexibility index (Phi) is 5.69. The Morgan fingerprint density at radius 3 is 3.06 bits per heavy atom. The zero-order chi connectivity index (χ0) is 12.6. The lowest BCUT2D eigenvalue weighted by atomic mass is 10.1. The molecule has 98 valence electrons. The normalized spacial score (nSPS) is 16.3. The lowest BCUT2D eigenvalue weighted by Crippen LogP contribution is -2.23. The van der Waals surface area contributed by atoms with Crippen LogP contribution in [0.25, 0.3) is 0 Å². The van der Waals surface area contributed by atoms with Gasteiger partial charge in [0, 0.05) is 35.5 Å². The second-order valence-electron chi connectivity index (χ2n) is 4.20. The van der Waals surface area contributed by atoms with E-state index in [2.05, 4.69) is 17.9 Å². The first-order chi connectivity index (χ1) is 8.88. The van der Waals surface area contributed by atoms with Crippen molar-refractivity contribution in [1.82, 2.24) is 0 Å². The Hall–Kier alpha value is -0.860. The fraction of sp³-hybridized carbons (Fsp3) is 0.571. The number of rotatable bonds is 4. The lowest BCUT2D eigenvalue weighted by molar-refractivity contribution is -0.0383. The zero-order valence-electron chi connectivity index (χ0n) is 10.4. The predicted molar refractivity (Wildman–Crippen MR) is 71.5 cm³/mol. The number of hydrogen-bond donors (Lipinski definition) is 1. The van der Waals surface area contributed by atoms with Crippen molar-refractivity contribution in [2.75, 3.05) is 19.8 Å². The van der Waals surface area contributed by atoms with E-state index < -0.39 is 0 Å². The maximum atomic E-state index is 8.65. The molecular formula is C14H18O3S. The first kappa shape index (κ1) is 13.6. The minimum absolute atomic E-state index is 0.122. The van der Waals surface area contributed by atoms with E-state index in [0.29, 0.717) is 19.1 Å². The summed E-state index contributed by atoms with van der Waals surface area (Å²) in [5.41, 5.74) is 1.01. The second-order valence-corrected chi connectivity index (χ2v) is 5.20. The van der Waals surface area contributed by atoms with Crippen molar-refractivity contribution < 1.29 is 14.6 Å². The smallest absolute Gasteiger partial charge is 0.0813 e. The fourth-order valence-corrected chi connectivity index (χ4v) is 2.52. The van der Waals surface area contributed by atoms with Crippen LogP contribution in [-0.2, 0) is 16.1 Å². The van der Waals surface area contributed by atoms with Gasteiger partial charge in [0.15, 0.2) is 0 Å². The maximum Gasteiger partial charge on any atom is 0.0813 e. The Bertz CT molecular complexity index is 410. The molecule has 1 saturated heterocycles. The predicted octanol–water partition coefficient (Wildman–Crippen LogP) is 2.18. The van der Waals surface area contributed by atoms with Crippen molar-refractivity contribution in [3.8, 4) is 11.8 Å². The molecule has 0 spiro atoms. The number of hydrogen-bond acceptors (Lipinski definition) is 4. The maximum absolute atomic E-state index is 8.65. The summed E-state index contributed by atoms with van der Waals surface area (Å²) in [6, 6.07) is 2.06. The molecule has 3 nitrogen and oxygen atoms in total. The average molecular weight is 266 g/mol. The van der Waals surface area contributed by atoms with Crippen LogP contribution in [0, 0.1) is 11.8 Å². The largest absolute Gasteiger partial charge is 0.395 e. The summed E-state index contributed by atoms with van der Waals surface area (Å²) in [5.74, 6) is 5.95. The molecule has 1 aromatic rings. The van der Waals surface area contributed by atoms with Gasteiger partial charge < -0.3 is 14.6 Å². The van der Waals surface area contributed by atoms with Gasteiger partial charge in [0.1, 0.15) is 0 Å². The van der Waals surface area contributed by atoms with Crippen molar-refractivity contribution in [2.24, 2.45) is 0 Å². The molecule has 1 aliphatic rings. The number of aliphatic hydroxyl groups excluding tert-OH is 1. The fourth-order valence-electron chi connectivity index (χ4n) is 1.78. The van der Waals surface area contributed by atoms with Gasteiger partial charge >= 0.3 is 0 Å². The third kappa shape index (κ3) is 4.43. The van der Waals surface area contributed by atoms with Crippen LogP contribution in [0.5, 0.6) is 0 Å². The van der Waals surface area contributed by atoms with E-state index in [1.54, 1.807) is 11.3 Å². The van der Waals surface area contributed by atoms with Gasteiger partial charge in [0.25, 0.3) is 0 Å². The topological polar surface area (TPSA) is 38.7 Å². The quantitative estimate of drug-likeness (QED) is 0.849. The Morgan fingerprint density at radius 1 is 1.44 bits per heavy atom. The summed E-state index contributed by atoms with van der Waals surface area (Å²) in [6.07, 6.45) is 2.86. The van der Waals surface area contributed by atoms with E-state index in [9.17, 15) is 0 Å². The summed E-state index contributed by atoms with van der Waals surface area (Å²) in [7, 11) is 0. The minimum atomic E-state index is 0.122. The molecule has 1 fully saturated rings. The van der Waals surface area contributed by atoms with E-state index in [1.165, 1.54) is 4.88 Å². The van der Waals surface area contributed by atoms with E-state index >= 15 is 0 Å². The summed E-state index contributed by atoms with van der Waals surface area (Å²) >= 11 is 1.67. The molecule has 0 saturated carbocycles. The number of ether oxygens (including phenoxy) is 2. The van der Waals surface area contributed by atoms with E-state index in [0.717, 1.165) is 31.6 Å². The molecular weight excluding hydrogens is 248 g/mol. The van der Waals surface area contributed by atoms with Crippen LogP contribution < -0.4 is 0 Å². The van der Waals surface area contributed by atoms with Gasteiger partial charge in [0.2, 0.25) is 0 Å². The zero-order valence-corrected chi connectivity index (χ0v) is 11.2. The third-order valence-electron chi connectivity index (χ3n) is 2.75. The minimum Gasteiger partial charge on any atom is -0.395 e. The molecule has 2 heterocycles.